The van der Waals surface area contributed by atoms with Crippen LogP contribution >= 0.6 is 0 Å². The lowest BCUT2D eigenvalue weighted by Gasteiger charge is -2.40. The normalized spacial score (nSPS) is 24.6. The Labute approximate surface area is 116 Å². The zero-order valence-electron chi connectivity index (χ0n) is 12.1. The molecular formula is C16H26N2O. The first-order valence-corrected chi connectivity index (χ1v) is 7.42. The summed E-state index contributed by atoms with van der Waals surface area (Å²) in [6, 6.07) is 9.59. The molecule has 1 saturated heterocycles. The van der Waals surface area contributed by atoms with E-state index in [4.69, 9.17) is 5.11 Å². The van der Waals surface area contributed by atoms with E-state index in [0.29, 0.717) is 12.1 Å². The highest BCUT2D eigenvalue weighted by atomic mass is 16.3. The topological polar surface area (TPSA) is 35.5 Å². The highest BCUT2D eigenvalue weighted by Crippen LogP contribution is 2.16. The Balaban J connectivity index is 2.01. The van der Waals surface area contributed by atoms with Crippen LogP contribution < -0.4 is 5.32 Å². The molecule has 2 atom stereocenters. The third-order valence-corrected chi connectivity index (χ3v) is 4.17. The van der Waals surface area contributed by atoms with Crippen molar-refractivity contribution in [2.75, 3.05) is 13.1 Å². The lowest BCUT2D eigenvalue weighted by Crippen LogP contribution is -2.55. The van der Waals surface area contributed by atoms with E-state index in [0.717, 1.165) is 25.2 Å². The van der Waals surface area contributed by atoms with Crippen molar-refractivity contribution >= 4 is 0 Å². The number of hydrogen-bond acceptors (Lipinski definition) is 3. The molecule has 0 aliphatic carbocycles. The Kier molecular flexibility index (Phi) is 5.37. The first-order valence-electron chi connectivity index (χ1n) is 7.42. The van der Waals surface area contributed by atoms with Crippen molar-refractivity contribution in [1.29, 1.82) is 0 Å². The number of benzene rings is 1. The van der Waals surface area contributed by atoms with E-state index in [1.807, 2.05) is 12.1 Å². The van der Waals surface area contributed by atoms with Crippen molar-refractivity contribution in [1.82, 2.24) is 10.2 Å². The molecule has 1 aromatic carbocycles. The van der Waals surface area contributed by atoms with Crippen molar-refractivity contribution in [3.05, 3.63) is 35.4 Å². The molecule has 0 saturated carbocycles. The van der Waals surface area contributed by atoms with Gasteiger partial charge in [-0.1, -0.05) is 38.1 Å². The SMILES string of the molecule is CCC1CN(Cc2ccc(CO)cc2)C(CC)CN1. The number of rotatable bonds is 5. The molecule has 0 radical (unpaired) electrons. The minimum Gasteiger partial charge on any atom is -0.392 e. The van der Waals surface area contributed by atoms with Gasteiger partial charge in [-0.2, -0.15) is 0 Å². The molecule has 1 aliphatic heterocycles. The Morgan fingerprint density at radius 1 is 1.16 bits per heavy atom. The van der Waals surface area contributed by atoms with Gasteiger partial charge in [0.15, 0.2) is 0 Å². The second-order valence-corrected chi connectivity index (χ2v) is 5.48. The van der Waals surface area contributed by atoms with Crippen LogP contribution in [0.2, 0.25) is 0 Å². The monoisotopic (exact) mass is 262 g/mol. The summed E-state index contributed by atoms with van der Waals surface area (Å²) >= 11 is 0. The van der Waals surface area contributed by atoms with E-state index in [-0.39, 0.29) is 6.61 Å². The summed E-state index contributed by atoms with van der Waals surface area (Å²) in [6.45, 7) is 7.89. The van der Waals surface area contributed by atoms with Crippen molar-refractivity contribution in [2.24, 2.45) is 0 Å². The van der Waals surface area contributed by atoms with Gasteiger partial charge in [0.05, 0.1) is 6.61 Å². The summed E-state index contributed by atoms with van der Waals surface area (Å²) in [7, 11) is 0. The van der Waals surface area contributed by atoms with Gasteiger partial charge in [0.25, 0.3) is 0 Å². The van der Waals surface area contributed by atoms with E-state index in [9.17, 15) is 0 Å². The largest absolute Gasteiger partial charge is 0.392 e. The van der Waals surface area contributed by atoms with Crippen LogP contribution in [0, 0.1) is 0 Å². The number of hydrogen-bond donors (Lipinski definition) is 2. The highest BCUT2D eigenvalue weighted by molar-refractivity contribution is 5.22. The van der Waals surface area contributed by atoms with Gasteiger partial charge in [0.1, 0.15) is 0 Å². The van der Waals surface area contributed by atoms with Crippen molar-refractivity contribution in [3.63, 3.8) is 0 Å². The average Bonchev–Trinajstić information content (AvgIpc) is 2.48. The van der Waals surface area contributed by atoms with Gasteiger partial charge >= 0.3 is 0 Å². The molecule has 0 spiro atoms. The van der Waals surface area contributed by atoms with E-state index < -0.39 is 0 Å². The molecule has 0 aromatic heterocycles. The van der Waals surface area contributed by atoms with Gasteiger partial charge in [0.2, 0.25) is 0 Å². The Morgan fingerprint density at radius 3 is 2.42 bits per heavy atom. The van der Waals surface area contributed by atoms with Gasteiger partial charge in [-0.15, -0.1) is 0 Å². The van der Waals surface area contributed by atoms with Crippen molar-refractivity contribution in [3.8, 4) is 0 Å². The van der Waals surface area contributed by atoms with Gasteiger partial charge in [0, 0.05) is 31.7 Å². The summed E-state index contributed by atoms with van der Waals surface area (Å²) in [5.74, 6) is 0. The van der Waals surface area contributed by atoms with E-state index in [1.54, 1.807) is 0 Å². The van der Waals surface area contributed by atoms with Gasteiger partial charge < -0.3 is 10.4 Å². The van der Waals surface area contributed by atoms with Crippen molar-refractivity contribution in [2.45, 2.75) is 51.9 Å². The summed E-state index contributed by atoms with van der Waals surface area (Å²) in [4.78, 5) is 2.60. The maximum atomic E-state index is 9.08. The summed E-state index contributed by atoms with van der Waals surface area (Å²) < 4.78 is 0. The van der Waals surface area contributed by atoms with Crippen LogP contribution in [0.25, 0.3) is 0 Å². The van der Waals surface area contributed by atoms with Crippen LogP contribution in [0.15, 0.2) is 24.3 Å². The molecule has 3 nitrogen and oxygen atoms in total. The molecule has 2 rings (SSSR count). The van der Waals surface area contributed by atoms with E-state index >= 15 is 0 Å². The number of nitrogens with one attached hydrogen (secondary N) is 1. The lowest BCUT2D eigenvalue weighted by atomic mass is 10.0. The molecule has 1 aromatic rings. The quantitative estimate of drug-likeness (QED) is 0.853. The fourth-order valence-corrected chi connectivity index (χ4v) is 2.78. The minimum absolute atomic E-state index is 0.128. The Hall–Kier alpha value is -0.900. The molecule has 106 valence electrons. The fraction of sp³-hybridized carbons (Fsp3) is 0.625. The second kappa shape index (κ2) is 7.04. The maximum Gasteiger partial charge on any atom is 0.0681 e. The van der Waals surface area contributed by atoms with E-state index in [2.05, 4.69) is 36.2 Å². The van der Waals surface area contributed by atoms with E-state index in [1.165, 1.54) is 18.4 Å². The molecule has 1 aliphatic rings. The van der Waals surface area contributed by atoms with Crippen LogP contribution in [0.1, 0.15) is 37.8 Å². The standard InChI is InChI=1S/C16H26N2O/c1-3-15-11-18(16(4-2)9-17-15)10-13-5-7-14(12-19)8-6-13/h5-8,15-17,19H,3-4,9-12H2,1-2H3. The van der Waals surface area contributed by atoms with Gasteiger partial charge in [-0.25, -0.2) is 0 Å². The predicted molar refractivity (Wildman–Crippen MR) is 78.9 cm³/mol. The van der Waals surface area contributed by atoms with Crippen LogP contribution in [0.5, 0.6) is 0 Å². The molecule has 0 bridgehead atoms. The third kappa shape index (κ3) is 3.78. The third-order valence-electron chi connectivity index (χ3n) is 4.17. The molecule has 19 heavy (non-hydrogen) atoms. The number of piperazine rings is 1. The summed E-state index contributed by atoms with van der Waals surface area (Å²) in [6.07, 6.45) is 2.38. The first kappa shape index (κ1) is 14.5. The summed E-state index contributed by atoms with van der Waals surface area (Å²) in [5.41, 5.74) is 2.33. The Bertz CT molecular complexity index is 377. The molecule has 2 N–H and O–H groups in total. The molecule has 1 fully saturated rings. The predicted octanol–water partition coefficient (Wildman–Crippen LogP) is 2.14. The number of aliphatic hydroxyl groups excluding tert-OH is 1. The maximum absolute atomic E-state index is 9.08. The van der Waals surface area contributed by atoms with Crippen molar-refractivity contribution < 1.29 is 5.11 Å². The zero-order chi connectivity index (χ0) is 13.7. The average molecular weight is 262 g/mol. The smallest absolute Gasteiger partial charge is 0.0681 e. The molecule has 2 unspecified atom stereocenters. The molecule has 0 amide bonds. The zero-order valence-corrected chi connectivity index (χ0v) is 12.1. The summed E-state index contributed by atoms with van der Waals surface area (Å²) in [5, 5.41) is 12.7. The van der Waals surface area contributed by atoms with Gasteiger partial charge in [-0.05, 0) is 24.0 Å². The second-order valence-electron chi connectivity index (χ2n) is 5.48. The highest BCUT2D eigenvalue weighted by Gasteiger charge is 2.25. The first-order chi connectivity index (χ1) is 9.26. The Morgan fingerprint density at radius 2 is 1.84 bits per heavy atom. The number of aliphatic hydroxyl groups is 1. The van der Waals surface area contributed by atoms with Crippen LogP contribution in [-0.4, -0.2) is 35.2 Å². The molecule has 1 heterocycles. The number of nitrogens with zero attached hydrogens (tertiary/aromatic N) is 1. The minimum atomic E-state index is 0.128. The van der Waals surface area contributed by atoms with Crippen LogP contribution in [-0.2, 0) is 13.2 Å². The molecule has 3 heteroatoms. The molecular weight excluding hydrogens is 236 g/mol. The van der Waals surface area contributed by atoms with Crippen LogP contribution in [0.3, 0.4) is 0 Å². The van der Waals surface area contributed by atoms with Gasteiger partial charge in [-0.3, -0.25) is 4.90 Å². The van der Waals surface area contributed by atoms with Crippen LogP contribution in [0.4, 0.5) is 0 Å². The lowest BCUT2D eigenvalue weighted by molar-refractivity contribution is 0.117. The fourth-order valence-electron chi connectivity index (χ4n) is 2.78.